The Morgan fingerprint density at radius 3 is 2.67 bits per heavy atom. The lowest BCUT2D eigenvalue weighted by Crippen LogP contribution is -2.40. The Bertz CT molecular complexity index is 1540. The van der Waals surface area contributed by atoms with Crippen molar-refractivity contribution in [2.24, 2.45) is 0 Å². The number of halogens is 1. The number of rotatable bonds is 7. The number of fused-ring (bicyclic) bond motifs is 1. The monoisotopic (exact) mass is 522 g/mol. The lowest BCUT2D eigenvalue weighted by atomic mass is 10.2. The third-order valence-electron chi connectivity index (χ3n) is 6.35. The van der Waals surface area contributed by atoms with Crippen LogP contribution in [-0.2, 0) is 17.8 Å². The van der Waals surface area contributed by atoms with Gasteiger partial charge >= 0.3 is 6.03 Å². The molecular formula is C30H27FN6O2. The summed E-state index contributed by atoms with van der Waals surface area (Å²) in [6, 6.07) is 21.2. The van der Waals surface area contributed by atoms with Crippen LogP contribution in [0.5, 0.6) is 0 Å². The molecule has 0 fully saturated rings. The first-order valence-electron chi connectivity index (χ1n) is 12.5. The van der Waals surface area contributed by atoms with E-state index in [2.05, 4.69) is 22.2 Å². The minimum atomic E-state index is -0.358. The van der Waals surface area contributed by atoms with E-state index in [-0.39, 0.29) is 23.7 Å². The van der Waals surface area contributed by atoms with Gasteiger partial charge in [-0.1, -0.05) is 43.0 Å². The van der Waals surface area contributed by atoms with Gasteiger partial charge in [0.05, 0.1) is 5.69 Å². The number of aromatic nitrogens is 2. The molecule has 0 unspecified atom stereocenters. The molecule has 8 nitrogen and oxygen atoms in total. The number of amides is 3. The Kier molecular flexibility index (Phi) is 7.31. The average molecular weight is 523 g/mol. The fraction of sp³-hybridized carbons (Fsp3) is 0.133. The fourth-order valence-corrected chi connectivity index (χ4v) is 4.36. The van der Waals surface area contributed by atoms with Crippen LogP contribution in [0.15, 0.2) is 91.6 Å². The summed E-state index contributed by atoms with van der Waals surface area (Å²) in [4.78, 5) is 38.5. The number of aryl methyl sites for hydroxylation is 1. The molecule has 3 amide bonds. The maximum atomic E-state index is 14.1. The number of carbonyl (C=O) groups excluding carboxylic acids is 2. The van der Waals surface area contributed by atoms with Crippen molar-refractivity contribution < 1.29 is 14.0 Å². The molecule has 2 N–H and O–H groups in total. The standard InChI is InChI=1S/C30H27FN6O2/c1-3-27(38)33-23-10-7-11-25(17-23)37-28-22(14-15-36(30(37)39)19-21-8-5-4-6-9-21)18-32-29(35-28)34-24-12-13-26(31)20(2)16-24/h3-13,16-18H,1,14-15,19H2,2H3,(H,33,38)(H,32,34,35). The Balaban J connectivity index is 1.55. The number of carbonyl (C=O) groups is 2. The first kappa shape index (κ1) is 25.6. The maximum absolute atomic E-state index is 14.1. The first-order chi connectivity index (χ1) is 18.9. The second-order valence-electron chi connectivity index (χ2n) is 9.15. The van der Waals surface area contributed by atoms with Gasteiger partial charge < -0.3 is 15.5 Å². The third kappa shape index (κ3) is 5.77. The van der Waals surface area contributed by atoms with E-state index in [0.717, 1.165) is 11.1 Å². The molecule has 1 aliphatic rings. The smallest absolute Gasteiger partial charge is 0.324 e. The fourth-order valence-electron chi connectivity index (χ4n) is 4.36. The predicted molar refractivity (Wildman–Crippen MR) is 150 cm³/mol. The quantitative estimate of drug-likeness (QED) is 0.286. The second-order valence-corrected chi connectivity index (χ2v) is 9.15. The van der Waals surface area contributed by atoms with Crippen LogP contribution < -0.4 is 15.5 Å². The summed E-state index contributed by atoms with van der Waals surface area (Å²) >= 11 is 0. The van der Waals surface area contributed by atoms with Crippen molar-refractivity contribution in [1.82, 2.24) is 14.9 Å². The number of nitrogens with zero attached hydrogens (tertiary/aromatic N) is 4. The summed E-state index contributed by atoms with van der Waals surface area (Å²) in [6.07, 6.45) is 3.44. The number of anilines is 5. The zero-order valence-corrected chi connectivity index (χ0v) is 21.4. The molecule has 196 valence electrons. The van der Waals surface area contributed by atoms with E-state index in [9.17, 15) is 14.0 Å². The summed E-state index contributed by atoms with van der Waals surface area (Å²) in [7, 11) is 0. The van der Waals surface area contributed by atoms with Crippen molar-refractivity contribution >= 4 is 40.8 Å². The van der Waals surface area contributed by atoms with Crippen LogP contribution in [0.25, 0.3) is 0 Å². The SMILES string of the molecule is C=CC(=O)Nc1cccc(N2C(=O)N(Cc3ccccc3)CCc3cnc(Nc4ccc(F)c(C)c4)nc32)c1. The largest absolute Gasteiger partial charge is 0.330 e. The molecule has 0 bridgehead atoms. The summed E-state index contributed by atoms with van der Waals surface area (Å²) in [5, 5.41) is 5.86. The molecule has 4 aromatic rings. The Morgan fingerprint density at radius 1 is 1.08 bits per heavy atom. The van der Waals surface area contributed by atoms with E-state index in [1.54, 1.807) is 54.4 Å². The van der Waals surface area contributed by atoms with Gasteiger partial charge in [0.2, 0.25) is 11.9 Å². The molecule has 5 rings (SSSR count). The van der Waals surface area contributed by atoms with Crippen molar-refractivity contribution in [3.8, 4) is 0 Å². The van der Waals surface area contributed by atoms with Crippen LogP contribution in [0, 0.1) is 12.7 Å². The minimum absolute atomic E-state index is 0.257. The Hall–Kier alpha value is -5.05. The van der Waals surface area contributed by atoms with Crippen molar-refractivity contribution in [2.75, 3.05) is 22.1 Å². The van der Waals surface area contributed by atoms with Gasteiger partial charge in [-0.05, 0) is 66.9 Å². The molecule has 0 atom stereocenters. The molecule has 0 saturated heterocycles. The van der Waals surface area contributed by atoms with Gasteiger partial charge in [0, 0.05) is 36.2 Å². The first-order valence-corrected chi connectivity index (χ1v) is 12.5. The molecule has 2 heterocycles. The van der Waals surface area contributed by atoms with Crippen LogP contribution in [0.3, 0.4) is 0 Å². The van der Waals surface area contributed by atoms with E-state index in [1.165, 1.54) is 17.0 Å². The zero-order valence-electron chi connectivity index (χ0n) is 21.4. The molecular weight excluding hydrogens is 495 g/mol. The summed E-state index contributed by atoms with van der Waals surface area (Å²) in [6.45, 7) is 6.07. The topological polar surface area (TPSA) is 90.5 Å². The highest BCUT2D eigenvalue weighted by atomic mass is 19.1. The van der Waals surface area contributed by atoms with Gasteiger partial charge in [-0.15, -0.1) is 0 Å². The number of nitrogens with one attached hydrogen (secondary N) is 2. The van der Waals surface area contributed by atoms with Crippen molar-refractivity contribution in [3.63, 3.8) is 0 Å². The molecule has 0 aliphatic carbocycles. The number of urea groups is 1. The van der Waals surface area contributed by atoms with Crippen molar-refractivity contribution in [2.45, 2.75) is 19.9 Å². The Labute approximate surface area is 225 Å². The summed E-state index contributed by atoms with van der Waals surface area (Å²) in [5.74, 6) is 0.0372. The zero-order chi connectivity index (χ0) is 27.4. The van der Waals surface area contributed by atoms with Gasteiger partial charge in [-0.2, -0.15) is 4.98 Å². The van der Waals surface area contributed by atoms with Crippen molar-refractivity contribution in [3.05, 3.63) is 114 Å². The number of hydrogen-bond donors (Lipinski definition) is 2. The average Bonchev–Trinajstić information content (AvgIpc) is 3.07. The van der Waals surface area contributed by atoms with E-state index in [1.807, 2.05) is 30.3 Å². The molecule has 3 aromatic carbocycles. The lowest BCUT2D eigenvalue weighted by Gasteiger charge is -2.28. The molecule has 39 heavy (non-hydrogen) atoms. The van der Waals surface area contributed by atoms with Gasteiger partial charge in [0.25, 0.3) is 0 Å². The van der Waals surface area contributed by atoms with E-state index >= 15 is 0 Å². The van der Waals surface area contributed by atoms with E-state index in [4.69, 9.17) is 4.98 Å². The van der Waals surface area contributed by atoms with Crippen molar-refractivity contribution in [1.29, 1.82) is 0 Å². The maximum Gasteiger partial charge on any atom is 0.330 e. The predicted octanol–water partition coefficient (Wildman–Crippen LogP) is 6.11. The molecule has 0 saturated carbocycles. The van der Waals surface area contributed by atoms with Crippen LogP contribution in [0.2, 0.25) is 0 Å². The molecule has 1 aliphatic heterocycles. The van der Waals surface area contributed by atoms with Crippen LogP contribution in [0.1, 0.15) is 16.7 Å². The molecule has 0 spiro atoms. The second kappa shape index (κ2) is 11.1. The highest BCUT2D eigenvalue weighted by Crippen LogP contribution is 2.34. The van der Waals surface area contributed by atoms with Gasteiger partial charge in [-0.3, -0.25) is 4.79 Å². The number of hydrogen-bond acceptors (Lipinski definition) is 5. The molecule has 1 aromatic heterocycles. The Morgan fingerprint density at radius 2 is 1.90 bits per heavy atom. The highest BCUT2D eigenvalue weighted by molar-refractivity contribution is 6.02. The number of benzene rings is 3. The van der Waals surface area contributed by atoms with Gasteiger partial charge in [0.15, 0.2) is 0 Å². The van der Waals surface area contributed by atoms with Gasteiger partial charge in [-0.25, -0.2) is 19.1 Å². The summed E-state index contributed by atoms with van der Waals surface area (Å²) in [5.41, 5.74) is 3.95. The third-order valence-corrected chi connectivity index (χ3v) is 6.35. The summed E-state index contributed by atoms with van der Waals surface area (Å²) < 4.78 is 13.8. The normalized spacial score (nSPS) is 12.9. The minimum Gasteiger partial charge on any atom is -0.324 e. The van der Waals surface area contributed by atoms with Crippen LogP contribution >= 0.6 is 0 Å². The molecule has 9 heteroatoms. The van der Waals surface area contributed by atoms with Crippen LogP contribution in [0.4, 0.5) is 38.0 Å². The van der Waals surface area contributed by atoms with E-state index in [0.29, 0.717) is 48.0 Å². The lowest BCUT2D eigenvalue weighted by molar-refractivity contribution is -0.111. The van der Waals surface area contributed by atoms with E-state index < -0.39 is 0 Å². The van der Waals surface area contributed by atoms with Gasteiger partial charge in [0.1, 0.15) is 11.6 Å². The van der Waals surface area contributed by atoms with Crippen LogP contribution in [-0.4, -0.2) is 33.4 Å². The highest BCUT2D eigenvalue weighted by Gasteiger charge is 2.31. The molecule has 0 radical (unpaired) electrons.